The Hall–Kier alpha value is -1.22. The van der Waals surface area contributed by atoms with E-state index in [1.165, 1.54) is 12.1 Å². The summed E-state index contributed by atoms with van der Waals surface area (Å²) in [6.45, 7) is 0. The van der Waals surface area contributed by atoms with Crippen molar-refractivity contribution in [2.24, 2.45) is 5.92 Å². The van der Waals surface area contributed by atoms with E-state index in [-0.39, 0.29) is 17.5 Å². The Morgan fingerprint density at radius 3 is 2.88 bits per heavy atom. The van der Waals surface area contributed by atoms with Crippen molar-refractivity contribution in [1.29, 1.82) is 0 Å². The van der Waals surface area contributed by atoms with Gasteiger partial charge in [-0.15, -0.1) is 0 Å². The van der Waals surface area contributed by atoms with E-state index >= 15 is 0 Å². The van der Waals surface area contributed by atoms with Crippen LogP contribution < -0.4 is 0 Å². The van der Waals surface area contributed by atoms with Crippen LogP contribution in [0.4, 0.5) is 4.39 Å². The average Bonchev–Trinajstić information content (AvgIpc) is 2.29. The second-order valence-corrected chi connectivity index (χ2v) is 4.32. The zero-order valence-corrected chi connectivity index (χ0v) is 9.03. The summed E-state index contributed by atoms with van der Waals surface area (Å²) in [6, 6.07) is 5.85. The van der Waals surface area contributed by atoms with Gasteiger partial charge >= 0.3 is 0 Å². The van der Waals surface area contributed by atoms with Crippen molar-refractivity contribution in [2.45, 2.75) is 31.8 Å². The summed E-state index contributed by atoms with van der Waals surface area (Å²) in [5, 5.41) is 10.1. The van der Waals surface area contributed by atoms with Crippen molar-refractivity contribution >= 4 is 5.78 Å². The maximum Gasteiger partial charge on any atom is 0.138 e. The van der Waals surface area contributed by atoms with Crippen LogP contribution >= 0.6 is 0 Å². The fourth-order valence-corrected chi connectivity index (χ4v) is 2.27. The van der Waals surface area contributed by atoms with Gasteiger partial charge in [-0.05, 0) is 30.5 Å². The molecule has 1 aliphatic rings. The van der Waals surface area contributed by atoms with Crippen molar-refractivity contribution in [3.8, 4) is 0 Å². The number of hydrogen-bond acceptors (Lipinski definition) is 2. The Labute approximate surface area is 94.1 Å². The van der Waals surface area contributed by atoms with Crippen LogP contribution in [0.15, 0.2) is 24.3 Å². The number of aliphatic hydroxyl groups is 1. The van der Waals surface area contributed by atoms with E-state index in [1.807, 2.05) is 0 Å². The smallest absolute Gasteiger partial charge is 0.138 e. The molecule has 0 aromatic heterocycles. The molecule has 0 bridgehead atoms. The second kappa shape index (κ2) is 4.74. The van der Waals surface area contributed by atoms with Crippen LogP contribution in [-0.4, -0.2) is 10.9 Å². The van der Waals surface area contributed by atoms with Crippen molar-refractivity contribution < 1.29 is 14.3 Å². The zero-order valence-electron chi connectivity index (χ0n) is 9.03. The van der Waals surface area contributed by atoms with Crippen molar-refractivity contribution in [3.05, 3.63) is 35.6 Å². The molecule has 86 valence electrons. The van der Waals surface area contributed by atoms with Gasteiger partial charge in [-0.2, -0.15) is 0 Å². The van der Waals surface area contributed by atoms with E-state index in [0.717, 1.165) is 12.8 Å². The fraction of sp³-hybridized carbons (Fsp3) is 0.462. The third-order valence-electron chi connectivity index (χ3n) is 3.17. The molecule has 0 heterocycles. The SMILES string of the molecule is O=C1CCCC[C@@H]1[C@H](O)c1cccc(F)c1. The predicted molar refractivity (Wildman–Crippen MR) is 58.3 cm³/mol. The molecule has 3 heteroatoms. The van der Waals surface area contributed by atoms with Gasteiger partial charge in [0.25, 0.3) is 0 Å². The summed E-state index contributed by atoms with van der Waals surface area (Å²) in [5.74, 6) is -0.627. The molecule has 1 fully saturated rings. The molecule has 2 rings (SSSR count). The summed E-state index contributed by atoms with van der Waals surface area (Å²) in [5.41, 5.74) is 0.500. The van der Waals surface area contributed by atoms with Crippen LogP contribution in [0, 0.1) is 11.7 Å². The molecule has 1 aromatic rings. The van der Waals surface area contributed by atoms with Crippen molar-refractivity contribution in [3.63, 3.8) is 0 Å². The highest BCUT2D eigenvalue weighted by atomic mass is 19.1. The Kier molecular flexibility index (Phi) is 3.34. The summed E-state index contributed by atoms with van der Waals surface area (Å²) in [4.78, 5) is 11.6. The number of benzene rings is 1. The minimum Gasteiger partial charge on any atom is -0.388 e. The van der Waals surface area contributed by atoms with Crippen LogP contribution in [0.2, 0.25) is 0 Å². The summed E-state index contributed by atoms with van der Waals surface area (Å²) in [6.07, 6.45) is 2.25. The lowest BCUT2D eigenvalue weighted by molar-refractivity contribution is -0.128. The van der Waals surface area contributed by atoms with Crippen LogP contribution in [-0.2, 0) is 4.79 Å². The monoisotopic (exact) mass is 222 g/mol. The number of rotatable bonds is 2. The zero-order chi connectivity index (χ0) is 11.5. The van der Waals surface area contributed by atoms with E-state index in [9.17, 15) is 14.3 Å². The standard InChI is InChI=1S/C13H15FO2/c14-10-5-3-4-9(8-10)13(16)11-6-1-2-7-12(11)15/h3-5,8,11,13,16H,1-2,6-7H2/t11-,13+/m0/s1. The Morgan fingerprint density at radius 2 is 2.19 bits per heavy atom. The normalized spacial score (nSPS) is 23.1. The highest BCUT2D eigenvalue weighted by molar-refractivity contribution is 5.82. The maximum atomic E-state index is 13.0. The van der Waals surface area contributed by atoms with E-state index in [0.29, 0.717) is 18.4 Å². The van der Waals surface area contributed by atoms with Gasteiger partial charge < -0.3 is 5.11 Å². The minimum atomic E-state index is -0.858. The van der Waals surface area contributed by atoms with Crippen LogP contribution in [0.1, 0.15) is 37.4 Å². The molecule has 0 radical (unpaired) electrons. The first-order chi connectivity index (χ1) is 7.68. The third-order valence-corrected chi connectivity index (χ3v) is 3.17. The largest absolute Gasteiger partial charge is 0.388 e. The number of ketones is 1. The lowest BCUT2D eigenvalue weighted by atomic mass is 9.82. The number of halogens is 1. The molecular formula is C13H15FO2. The Balaban J connectivity index is 2.17. The fourth-order valence-electron chi connectivity index (χ4n) is 2.27. The lowest BCUT2D eigenvalue weighted by Gasteiger charge is -2.25. The van der Waals surface area contributed by atoms with Gasteiger partial charge in [-0.3, -0.25) is 4.79 Å². The number of hydrogen-bond donors (Lipinski definition) is 1. The van der Waals surface area contributed by atoms with Crippen molar-refractivity contribution in [2.75, 3.05) is 0 Å². The Bertz CT molecular complexity index is 389. The second-order valence-electron chi connectivity index (χ2n) is 4.32. The maximum absolute atomic E-state index is 13.0. The molecule has 1 N–H and O–H groups in total. The Morgan fingerprint density at radius 1 is 1.38 bits per heavy atom. The van der Waals surface area contributed by atoms with E-state index < -0.39 is 6.10 Å². The quantitative estimate of drug-likeness (QED) is 0.835. The van der Waals surface area contributed by atoms with Crippen LogP contribution in [0.25, 0.3) is 0 Å². The first-order valence-electron chi connectivity index (χ1n) is 5.65. The molecule has 0 saturated heterocycles. The molecule has 2 atom stereocenters. The molecule has 0 aliphatic heterocycles. The first kappa shape index (κ1) is 11.3. The number of carbonyl (C=O) groups is 1. The molecule has 1 aliphatic carbocycles. The van der Waals surface area contributed by atoms with Gasteiger partial charge in [0.2, 0.25) is 0 Å². The molecule has 1 saturated carbocycles. The van der Waals surface area contributed by atoms with Gasteiger partial charge in [-0.25, -0.2) is 4.39 Å². The highest BCUT2D eigenvalue weighted by Crippen LogP contribution is 2.32. The average molecular weight is 222 g/mol. The van der Waals surface area contributed by atoms with E-state index in [2.05, 4.69) is 0 Å². The van der Waals surface area contributed by atoms with Gasteiger partial charge in [0.05, 0.1) is 6.10 Å². The van der Waals surface area contributed by atoms with Crippen molar-refractivity contribution in [1.82, 2.24) is 0 Å². The molecule has 0 spiro atoms. The topological polar surface area (TPSA) is 37.3 Å². The minimum absolute atomic E-state index is 0.100. The number of carbonyl (C=O) groups excluding carboxylic acids is 1. The molecule has 0 unspecified atom stereocenters. The summed E-state index contributed by atoms with van der Waals surface area (Å²) < 4.78 is 13.0. The first-order valence-corrected chi connectivity index (χ1v) is 5.65. The summed E-state index contributed by atoms with van der Waals surface area (Å²) in [7, 11) is 0. The molecule has 1 aromatic carbocycles. The number of aliphatic hydroxyl groups excluding tert-OH is 1. The molecule has 2 nitrogen and oxygen atoms in total. The van der Waals surface area contributed by atoms with Gasteiger partial charge in [0, 0.05) is 12.3 Å². The highest BCUT2D eigenvalue weighted by Gasteiger charge is 2.29. The third kappa shape index (κ3) is 2.30. The molecule has 0 amide bonds. The van der Waals surface area contributed by atoms with Crippen LogP contribution in [0.3, 0.4) is 0 Å². The van der Waals surface area contributed by atoms with E-state index in [4.69, 9.17) is 0 Å². The van der Waals surface area contributed by atoms with Gasteiger partial charge in [-0.1, -0.05) is 18.6 Å². The molecular weight excluding hydrogens is 207 g/mol. The molecule has 16 heavy (non-hydrogen) atoms. The number of Topliss-reactive ketones (excluding diaryl/α,β-unsaturated/α-hetero) is 1. The van der Waals surface area contributed by atoms with Crippen LogP contribution in [0.5, 0.6) is 0 Å². The van der Waals surface area contributed by atoms with Gasteiger partial charge in [0.1, 0.15) is 11.6 Å². The predicted octanol–water partition coefficient (Wildman–Crippen LogP) is 2.62. The van der Waals surface area contributed by atoms with Gasteiger partial charge in [0.15, 0.2) is 0 Å². The van der Waals surface area contributed by atoms with E-state index in [1.54, 1.807) is 12.1 Å². The summed E-state index contributed by atoms with van der Waals surface area (Å²) >= 11 is 0. The lowest BCUT2D eigenvalue weighted by Crippen LogP contribution is -2.25.